The predicted octanol–water partition coefficient (Wildman–Crippen LogP) is 9.18. The predicted molar refractivity (Wildman–Crippen MR) is 184 cm³/mol. The van der Waals surface area contributed by atoms with Gasteiger partial charge >= 0.3 is 0 Å². The van der Waals surface area contributed by atoms with Crippen molar-refractivity contribution in [2.45, 2.75) is 50.4 Å². The van der Waals surface area contributed by atoms with Crippen LogP contribution in [0.15, 0.2) is 48.1 Å². The van der Waals surface area contributed by atoms with Gasteiger partial charge in [0.2, 0.25) is 0 Å². The summed E-state index contributed by atoms with van der Waals surface area (Å²) < 4.78 is 0. The summed E-state index contributed by atoms with van der Waals surface area (Å²) in [6, 6.07) is 7.75. The second-order valence-electron chi connectivity index (χ2n) is 22.7. The standard InChI is InChI=1S/C48H50/c1-2-14-3-4-21-24(13-14)36-25(21)32-22-11-9-19-17-7-5-15-16-6-8-18-20-10-12-23-34-31(20)39-29(18)27(16)37-26(15)28(17)38-30(19)33(22)42-40(32)41(35(23)36)43(34)48-46(39)44(37)45(38)47(42)48/h2-4,10,12-13,15-20,22-23,25-34,36-40,42-48H,1,5-9,11H2. The molecule has 0 heteroatoms. The van der Waals surface area contributed by atoms with Gasteiger partial charge in [-0.25, -0.2) is 0 Å². The Labute approximate surface area is 286 Å². The van der Waals surface area contributed by atoms with Crippen molar-refractivity contribution in [1.82, 2.24) is 0 Å². The summed E-state index contributed by atoms with van der Waals surface area (Å²) in [5, 5.41) is 0. The van der Waals surface area contributed by atoms with Crippen molar-refractivity contribution in [2.24, 2.45) is 166 Å². The Morgan fingerprint density at radius 3 is 1.71 bits per heavy atom. The molecule has 0 bridgehead atoms. The number of allylic oxidation sites excluding steroid dienone is 4. The first-order chi connectivity index (χ1) is 23.8. The molecule has 0 N–H and O–H groups in total. The van der Waals surface area contributed by atoms with Gasteiger partial charge in [-0.2, -0.15) is 0 Å². The molecule has 30 atom stereocenters. The van der Waals surface area contributed by atoms with Gasteiger partial charge in [-0.1, -0.05) is 54.2 Å². The molecule has 242 valence electrons. The highest BCUT2D eigenvalue weighted by Gasteiger charge is 2.88. The van der Waals surface area contributed by atoms with E-state index < -0.39 is 0 Å². The van der Waals surface area contributed by atoms with Crippen LogP contribution >= 0.6 is 0 Å². The SMILES string of the molecule is C=Cc1ccc2c(c1)C1C3=C4C5C(C6CCC7C8CCC9C%10CCC%11C%12C=CC3C3C4C4C%13C5C6C7C5C8C9C6C%10C%11C(C%123)C4C6C5%13)C21. The van der Waals surface area contributed by atoms with Gasteiger partial charge in [0.25, 0.3) is 0 Å². The van der Waals surface area contributed by atoms with Crippen LogP contribution in [0.3, 0.4) is 0 Å². The minimum Gasteiger partial charge on any atom is -0.0985 e. The molecule has 17 aliphatic rings. The highest BCUT2D eigenvalue weighted by Crippen LogP contribution is 2.93. The van der Waals surface area contributed by atoms with Crippen LogP contribution in [-0.4, -0.2) is 0 Å². The largest absolute Gasteiger partial charge is 0.0985 e. The van der Waals surface area contributed by atoms with E-state index in [9.17, 15) is 0 Å². The fourth-order valence-electron chi connectivity index (χ4n) is 25.4. The summed E-state index contributed by atoms with van der Waals surface area (Å²) in [5.41, 5.74) is 9.39. The molecule has 0 spiro atoms. The fourth-order valence-corrected chi connectivity index (χ4v) is 25.4. The van der Waals surface area contributed by atoms with Gasteiger partial charge in [0.15, 0.2) is 0 Å². The van der Waals surface area contributed by atoms with Crippen molar-refractivity contribution in [3.63, 3.8) is 0 Å². The van der Waals surface area contributed by atoms with Gasteiger partial charge in [0, 0.05) is 11.8 Å². The molecule has 13 saturated carbocycles. The molecule has 1 aromatic carbocycles. The molecule has 0 aromatic heterocycles. The third-order valence-electron chi connectivity index (χ3n) is 24.1. The normalized spacial score (nSPS) is 74.5. The van der Waals surface area contributed by atoms with E-state index in [-0.39, 0.29) is 0 Å². The van der Waals surface area contributed by atoms with Crippen LogP contribution in [0.4, 0.5) is 0 Å². The zero-order valence-electron chi connectivity index (χ0n) is 28.2. The van der Waals surface area contributed by atoms with E-state index in [1.54, 1.807) is 44.1 Å². The molecule has 13 fully saturated rings. The highest BCUT2D eigenvalue weighted by molar-refractivity contribution is 5.64. The average Bonchev–Trinajstić information content (AvgIpc) is 3.93. The number of hydrogen-bond acceptors (Lipinski definition) is 0. The molecule has 0 aliphatic heterocycles. The maximum absolute atomic E-state index is 4.27. The highest BCUT2D eigenvalue weighted by atomic mass is 14.9. The first kappa shape index (κ1) is 23.8. The van der Waals surface area contributed by atoms with E-state index in [1.807, 2.05) is 5.56 Å². The number of benzene rings is 1. The summed E-state index contributed by atoms with van der Waals surface area (Å²) >= 11 is 0. The quantitative estimate of drug-likeness (QED) is 0.273. The van der Waals surface area contributed by atoms with Crippen LogP contribution < -0.4 is 0 Å². The lowest BCUT2D eigenvalue weighted by atomic mass is 9.43. The molecule has 17 aliphatic carbocycles. The number of rotatable bonds is 1. The van der Waals surface area contributed by atoms with Crippen molar-refractivity contribution in [2.75, 3.05) is 0 Å². The van der Waals surface area contributed by atoms with Gasteiger partial charge < -0.3 is 0 Å². The Balaban J connectivity index is 0.996. The van der Waals surface area contributed by atoms with Crippen LogP contribution in [0.5, 0.6) is 0 Å². The molecular weight excluding hydrogens is 577 g/mol. The molecule has 18 rings (SSSR count). The van der Waals surface area contributed by atoms with Gasteiger partial charge in [0.05, 0.1) is 0 Å². The van der Waals surface area contributed by atoms with Crippen molar-refractivity contribution >= 4 is 6.08 Å². The Bertz CT molecular complexity index is 1960. The second kappa shape index (κ2) is 6.73. The fraction of sp³-hybridized carbons (Fsp3) is 0.750. The monoisotopic (exact) mass is 626 g/mol. The van der Waals surface area contributed by atoms with Gasteiger partial charge in [-0.3, -0.25) is 0 Å². The third kappa shape index (κ3) is 1.84. The van der Waals surface area contributed by atoms with E-state index >= 15 is 0 Å². The zero-order valence-corrected chi connectivity index (χ0v) is 28.2. The first-order valence-corrected chi connectivity index (χ1v) is 22.0. The molecule has 30 unspecified atom stereocenters. The second-order valence-corrected chi connectivity index (χ2v) is 22.7. The summed E-state index contributed by atoms with van der Waals surface area (Å²) in [6.07, 6.45) is 18.1. The van der Waals surface area contributed by atoms with E-state index in [0.29, 0.717) is 0 Å². The smallest absolute Gasteiger partial charge is 0.0132 e. The van der Waals surface area contributed by atoms with Crippen molar-refractivity contribution in [3.05, 3.63) is 64.8 Å². The Kier molecular flexibility index (Phi) is 3.34. The van der Waals surface area contributed by atoms with E-state index in [1.165, 1.54) is 70.7 Å². The number of fused-ring (bicyclic) bond motifs is 11. The van der Waals surface area contributed by atoms with Crippen molar-refractivity contribution in [3.8, 4) is 0 Å². The summed E-state index contributed by atoms with van der Waals surface area (Å²) in [5.74, 6) is 32.8. The first-order valence-electron chi connectivity index (χ1n) is 22.0. The maximum Gasteiger partial charge on any atom is 0.0132 e. The molecule has 0 radical (unpaired) electrons. The lowest BCUT2D eigenvalue weighted by Crippen LogP contribution is -2.58. The van der Waals surface area contributed by atoms with Crippen LogP contribution in [-0.2, 0) is 0 Å². The van der Waals surface area contributed by atoms with Crippen LogP contribution in [0.25, 0.3) is 6.08 Å². The molecule has 48 heavy (non-hydrogen) atoms. The molecule has 0 amide bonds. The Morgan fingerprint density at radius 2 is 0.979 bits per heavy atom. The third-order valence-corrected chi connectivity index (χ3v) is 24.1. The zero-order chi connectivity index (χ0) is 29.7. The number of hydrogen-bond donors (Lipinski definition) is 0. The van der Waals surface area contributed by atoms with E-state index in [0.717, 1.165) is 112 Å². The Morgan fingerprint density at radius 1 is 0.438 bits per heavy atom. The lowest BCUT2D eigenvalue weighted by molar-refractivity contribution is -0.146. The molecule has 0 nitrogen and oxygen atoms in total. The topological polar surface area (TPSA) is 0 Å². The lowest BCUT2D eigenvalue weighted by Gasteiger charge is -2.61. The summed E-state index contributed by atoms with van der Waals surface area (Å²) in [7, 11) is 0. The van der Waals surface area contributed by atoms with Crippen molar-refractivity contribution in [1.29, 1.82) is 0 Å². The van der Waals surface area contributed by atoms with E-state index in [2.05, 4.69) is 54.2 Å². The molecule has 0 saturated heterocycles. The Hall–Kier alpha value is -1.56. The van der Waals surface area contributed by atoms with Gasteiger partial charge in [0.1, 0.15) is 0 Å². The van der Waals surface area contributed by atoms with Gasteiger partial charge in [-0.15, -0.1) is 0 Å². The maximum atomic E-state index is 4.27. The van der Waals surface area contributed by atoms with Crippen LogP contribution in [0.1, 0.15) is 67.1 Å². The minimum absolute atomic E-state index is 0.768. The average molecular weight is 627 g/mol. The summed E-state index contributed by atoms with van der Waals surface area (Å²) in [6.45, 7) is 4.27. The molecule has 0 heterocycles. The van der Waals surface area contributed by atoms with Crippen LogP contribution in [0.2, 0.25) is 0 Å². The van der Waals surface area contributed by atoms with E-state index in [4.69, 9.17) is 0 Å². The minimum atomic E-state index is 0.768. The van der Waals surface area contributed by atoms with Gasteiger partial charge in [-0.05, 0) is 221 Å². The van der Waals surface area contributed by atoms with Crippen LogP contribution in [0, 0.1) is 166 Å². The van der Waals surface area contributed by atoms with Crippen molar-refractivity contribution < 1.29 is 0 Å². The summed E-state index contributed by atoms with van der Waals surface area (Å²) in [4.78, 5) is 0. The molecular formula is C48H50. The molecule has 1 aromatic rings.